The summed E-state index contributed by atoms with van der Waals surface area (Å²) in [4.78, 5) is 0. The van der Waals surface area contributed by atoms with Crippen molar-refractivity contribution in [3.8, 4) is 0 Å². The molecular weight excluding hydrogens is 151 g/mol. The molecule has 0 nitrogen and oxygen atoms in total. The molecule has 1 aliphatic heterocycles. The second-order valence-corrected chi connectivity index (χ2v) is 4.41. The highest BCUT2D eigenvalue weighted by atomic mass is 31.1. The highest BCUT2D eigenvalue weighted by Crippen LogP contribution is 2.36. The molecular formula is C10H10P. The lowest BCUT2D eigenvalue weighted by Crippen LogP contribution is -1.85. The maximum absolute atomic E-state index is 3.39. The summed E-state index contributed by atoms with van der Waals surface area (Å²) in [5, 5.41) is 2.79. The molecule has 0 saturated heterocycles. The topological polar surface area (TPSA) is 0 Å². The van der Waals surface area contributed by atoms with E-state index in [9.17, 15) is 0 Å². The van der Waals surface area contributed by atoms with Gasteiger partial charge in [-0.2, -0.15) is 0 Å². The van der Waals surface area contributed by atoms with E-state index >= 15 is 0 Å². The van der Waals surface area contributed by atoms with Crippen LogP contribution in [0.4, 0.5) is 0 Å². The van der Waals surface area contributed by atoms with Gasteiger partial charge in [0.1, 0.15) is 0 Å². The molecule has 0 N–H and O–H groups in total. The molecule has 2 aliphatic rings. The van der Waals surface area contributed by atoms with E-state index < -0.39 is 0 Å². The SMILES string of the molecule is CC1=[C]C2=C(C)C(C)=CC2=P1. The first-order valence-corrected chi connectivity index (χ1v) is 4.67. The Kier molecular flexibility index (Phi) is 1.40. The average Bonchev–Trinajstić information content (AvgIpc) is 2.37. The van der Waals surface area contributed by atoms with Crippen LogP contribution < -0.4 is 0 Å². The monoisotopic (exact) mass is 161 g/mol. The predicted molar refractivity (Wildman–Crippen MR) is 50.8 cm³/mol. The van der Waals surface area contributed by atoms with Crippen LogP contribution in [0.3, 0.4) is 0 Å². The van der Waals surface area contributed by atoms with Crippen molar-refractivity contribution in [1.29, 1.82) is 0 Å². The van der Waals surface area contributed by atoms with Crippen molar-refractivity contribution in [3.63, 3.8) is 0 Å². The molecule has 0 spiro atoms. The Bertz CT molecular complexity index is 338. The van der Waals surface area contributed by atoms with Crippen LogP contribution in [0.2, 0.25) is 0 Å². The standard InChI is InChI=1S/C10H10P/c1-6-4-10-9(8(6)3)5-7(2)11-10/h4H,1-3H3. The molecule has 11 heavy (non-hydrogen) atoms. The van der Waals surface area contributed by atoms with Crippen molar-refractivity contribution < 1.29 is 0 Å². The van der Waals surface area contributed by atoms with Gasteiger partial charge in [0.25, 0.3) is 0 Å². The zero-order valence-corrected chi connectivity index (χ0v) is 7.92. The molecule has 1 heterocycles. The Morgan fingerprint density at radius 3 is 2.64 bits per heavy atom. The van der Waals surface area contributed by atoms with Crippen LogP contribution in [0.5, 0.6) is 0 Å². The Hall–Kier alpha value is -0.610. The van der Waals surface area contributed by atoms with Crippen molar-refractivity contribution in [2.75, 3.05) is 0 Å². The molecule has 2 rings (SSSR count). The number of fused-ring (bicyclic) bond motifs is 1. The molecule has 0 fully saturated rings. The molecule has 0 aromatic heterocycles. The van der Waals surface area contributed by atoms with E-state index in [4.69, 9.17) is 0 Å². The molecule has 0 amide bonds. The van der Waals surface area contributed by atoms with Crippen molar-refractivity contribution in [2.45, 2.75) is 20.8 Å². The van der Waals surface area contributed by atoms with Crippen LogP contribution in [-0.4, -0.2) is 5.29 Å². The number of rotatable bonds is 0. The predicted octanol–water partition coefficient (Wildman–Crippen LogP) is 3.10. The highest BCUT2D eigenvalue weighted by molar-refractivity contribution is 7.47. The van der Waals surface area contributed by atoms with Crippen molar-refractivity contribution >= 4 is 13.5 Å². The minimum atomic E-state index is 1.35. The average molecular weight is 161 g/mol. The maximum atomic E-state index is 3.39. The summed E-state index contributed by atoms with van der Waals surface area (Å²) in [5.41, 5.74) is 4.16. The van der Waals surface area contributed by atoms with E-state index in [-0.39, 0.29) is 0 Å². The van der Waals surface area contributed by atoms with Gasteiger partial charge in [-0.05, 0) is 55.0 Å². The third-order valence-corrected chi connectivity index (χ3v) is 3.21. The third kappa shape index (κ3) is 0.937. The molecule has 1 heteroatoms. The van der Waals surface area contributed by atoms with Gasteiger partial charge in [-0.25, -0.2) is 0 Å². The van der Waals surface area contributed by atoms with Gasteiger partial charge in [-0.3, -0.25) is 0 Å². The summed E-state index contributed by atoms with van der Waals surface area (Å²) in [6.07, 6.45) is 5.66. The lowest BCUT2D eigenvalue weighted by atomic mass is 10.1. The smallest absolute Gasteiger partial charge is 0.0105 e. The van der Waals surface area contributed by atoms with Crippen LogP contribution >= 0.6 is 8.20 Å². The van der Waals surface area contributed by atoms with Crippen LogP contribution in [0.25, 0.3) is 0 Å². The number of allylic oxidation sites excluding steroid dienone is 6. The molecule has 1 radical (unpaired) electrons. The zero-order chi connectivity index (χ0) is 8.01. The molecule has 1 aliphatic carbocycles. The lowest BCUT2D eigenvalue weighted by Gasteiger charge is -1.94. The van der Waals surface area contributed by atoms with Gasteiger partial charge in [-0.1, -0.05) is 8.20 Å². The quantitative estimate of drug-likeness (QED) is 0.479. The summed E-state index contributed by atoms with van der Waals surface area (Å²) in [5.74, 6) is 0. The summed E-state index contributed by atoms with van der Waals surface area (Å²) in [6, 6.07) is 0. The summed E-state index contributed by atoms with van der Waals surface area (Å²) in [7, 11) is 1.35. The van der Waals surface area contributed by atoms with Crippen LogP contribution in [0.15, 0.2) is 28.1 Å². The summed E-state index contributed by atoms with van der Waals surface area (Å²) < 4.78 is 0. The number of hydrogen-bond acceptors (Lipinski definition) is 0. The van der Waals surface area contributed by atoms with Gasteiger partial charge in [0.2, 0.25) is 0 Å². The van der Waals surface area contributed by atoms with E-state index in [1.807, 2.05) is 0 Å². The molecule has 55 valence electrons. The lowest BCUT2D eigenvalue weighted by molar-refractivity contribution is 1.35. The van der Waals surface area contributed by atoms with Crippen molar-refractivity contribution in [3.05, 3.63) is 34.2 Å². The van der Waals surface area contributed by atoms with Gasteiger partial charge in [0, 0.05) is 5.29 Å². The van der Waals surface area contributed by atoms with Gasteiger partial charge >= 0.3 is 0 Å². The summed E-state index contributed by atoms with van der Waals surface area (Å²) >= 11 is 0. The highest BCUT2D eigenvalue weighted by Gasteiger charge is 2.18. The van der Waals surface area contributed by atoms with Gasteiger partial charge < -0.3 is 0 Å². The normalized spacial score (nSPS) is 23.0. The van der Waals surface area contributed by atoms with E-state index in [2.05, 4.69) is 32.9 Å². The fraction of sp³-hybridized carbons (Fsp3) is 0.300. The molecule has 0 saturated carbocycles. The number of hydrogen-bond donors (Lipinski definition) is 0. The minimum absolute atomic E-state index is 1.35. The minimum Gasteiger partial charge on any atom is -0.0639 e. The second kappa shape index (κ2) is 2.19. The fourth-order valence-electron chi connectivity index (χ4n) is 1.41. The molecule has 0 unspecified atom stereocenters. The first kappa shape index (κ1) is 7.06. The van der Waals surface area contributed by atoms with Crippen molar-refractivity contribution in [1.82, 2.24) is 0 Å². The van der Waals surface area contributed by atoms with Gasteiger partial charge in [-0.15, -0.1) is 0 Å². The van der Waals surface area contributed by atoms with E-state index in [0.717, 1.165) is 0 Å². The Labute approximate surface area is 69.1 Å². The fourth-order valence-corrected chi connectivity index (χ4v) is 2.53. The first-order valence-electron chi connectivity index (χ1n) is 3.77. The summed E-state index contributed by atoms with van der Waals surface area (Å²) in [6.45, 7) is 6.48. The van der Waals surface area contributed by atoms with E-state index in [1.165, 1.54) is 35.5 Å². The molecule has 0 aromatic carbocycles. The van der Waals surface area contributed by atoms with Crippen LogP contribution in [0.1, 0.15) is 20.8 Å². The second-order valence-electron chi connectivity index (χ2n) is 3.03. The van der Waals surface area contributed by atoms with Crippen LogP contribution in [-0.2, 0) is 0 Å². The maximum Gasteiger partial charge on any atom is 0.0105 e. The van der Waals surface area contributed by atoms with Crippen molar-refractivity contribution in [2.24, 2.45) is 0 Å². The molecule has 0 aromatic rings. The van der Waals surface area contributed by atoms with Gasteiger partial charge in [0.15, 0.2) is 0 Å². The molecule has 0 atom stereocenters. The van der Waals surface area contributed by atoms with E-state index in [1.54, 1.807) is 0 Å². The Balaban J connectivity index is 2.58. The zero-order valence-electron chi connectivity index (χ0n) is 7.02. The van der Waals surface area contributed by atoms with Gasteiger partial charge in [0.05, 0.1) is 0 Å². The molecule has 0 bridgehead atoms. The van der Waals surface area contributed by atoms with Crippen LogP contribution in [0, 0.1) is 6.08 Å². The van der Waals surface area contributed by atoms with E-state index in [0.29, 0.717) is 0 Å². The Morgan fingerprint density at radius 2 is 2.00 bits per heavy atom. The third-order valence-electron chi connectivity index (χ3n) is 2.17. The first-order chi connectivity index (χ1) is 5.18. The largest absolute Gasteiger partial charge is 0.0639 e. The Morgan fingerprint density at radius 1 is 1.27 bits per heavy atom.